The van der Waals surface area contributed by atoms with Crippen molar-refractivity contribution in [3.8, 4) is 0 Å². The van der Waals surface area contributed by atoms with Gasteiger partial charge in [-0.3, -0.25) is 0 Å². The zero-order valence-electron chi connectivity index (χ0n) is 17.0. The molecule has 4 aromatic rings. The van der Waals surface area contributed by atoms with Crippen molar-refractivity contribution in [2.24, 2.45) is 0 Å². The van der Waals surface area contributed by atoms with Crippen LogP contribution in [0.15, 0.2) is 42.2 Å². The number of carbonyl (C=O) groups is 1. The minimum absolute atomic E-state index is 0.0898. The molecule has 0 radical (unpaired) electrons. The van der Waals surface area contributed by atoms with Crippen LogP contribution in [0, 0.1) is 0 Å². The number of allylic oxidation sites excluding steroid dienone is 1. The van der Waals surface area contributed by atoms with E-state index in [9.17, 15) is 4.79 Å². The maximum absolute atomic E-state index is 11.8. The fourth-order valence-corrected chi connectivity index (χ4v) is 5.50. The van der Waals surface area contributed by atoms with Crippen LogP contribution in [0.4, 0.5) is 16.3 Å². The summed E-state index contributed by atoms with van der Waals surface area (Å²) >= 11 is 3.32. The van der Waals surface area contributed by atoms with Crippen molar-refractivity contribution in [2.75, 3.05) is 11.9 Å². The molecule has 9 heteroatoms. The molecule has 2 amide bonds. The van der Waals surface area contributed by atoms with E-state index in [4.69, 9.17) is 0 Å². The van der Waals surface area contributed by atoms with E-state index in [0.717, 1.165) is 46.5 Å². The van der Waals surface area contributed by atoms with Crippen molar-refractivity contribution < 1.29 is 4.79 Å². The molecule has 31 heavy (non-hydrogen) atoms. The normalized spacial score (nSPS) is 16.3. The zero-order chi connectivity index (χ0) is 21.2. The second-order valence-electron chi connectivity index (χ2n) is 7.42. The van der Waals surface area contributed by atoms with E-state index in [0.29, 0.717) is 6.54 Å². The molecule has 1 aliphatic carbocycles. The Morgan fingerprint density at radius 2 is 2.16 bits per heavy atom. The lowest BCUT2D eigenvalue weighted by molar-refractivity contribution is 0.236. The predicted molar refractivity (Wildman–Crippen MR) is 128 cm³/mol. The van der Waals surface area contributed by atoms with Crippen molar-refractivity contribution in [1.82, 2.24) is 25.6 Å². The van der Waals surface area contributed by atoms with Crippen LogP contribution in [-0.4, -0.2) is 33.6 Å². The molecule has 1 atom stereocenters. The lowest BCUT2D eigenvalue weighted by atomic mass is 9.94. The largest absolute Gasteiger partial charge is 0.340 e. The molecule has 0 spiro atoms. The van der Waals surface area contributed by atoms with E-state index in [2.05, 4.69) is 49.1 Å². The maximum atomic E-state index is 11.8. The summed E-state index contributed by atoms with van der Waals surface area (Å²) in [6.07, 6.45) is 6.54. The molecular weight excluding hydrogens is 428 g/mol. The van der Waals surface area contributed by atoms with E-state index in [1.807, 2.05) is 24.6 Å². The fourth-order valence-electron chi connectivity index (χ4n) is 3.77. The number of hydrogen-bond acceptors (Lipinski definition) is 7. The van der Waals surface area contributed by atoms with Crippen LogP contribution in [0.25, 0.3) is 26.0 Å². The van der Waals surface area contributed by atoms with Crippen LogP contribution >= 0.6 is 22.7 Å². The average molecular weight is 451 g/mol. The van der Waals surface area contributed by atoms with Crippen LogP contribution in [0.2, 0.25) is 0 Å². The van der Waals surface area contributed by atoms with Crippen LogP contribution in [0.5, 0.6) is 0 Å². The molecule has 0 saturated heterocycles. The third kappa shape index (κ3) is 4.24. The molecule has 1 aliphatic rings. The quantitative estimate of drug-likeness (QED) is 0.384. The van der Waals surface area contributed by atoms with Gasteiger partial charge in [0.25, 0.3) is 0 Å². The van der Waals surface area contributed by atoms with Gasteiger partial charge in [0.2, 0.25) is 0 Å². The minimum Gasteiger partial charge on any atom is -0.340 e. The summed E-state index contributed by atoms with van der Waals surface area (Å²) in [6.45, 7) is 2.56. The number of fused-ring (bicyclic) bond motifs is 2. The van der Waals surface area contributed by atoms with E-state index >= 15 is 0 Å². The van der Waals surface area contributed by atoms with Crippen molar-refractivity contribution in [1.29, 1.82) is 0 Å². The van der Waals surface area contributed by atoms with E-state index in [1.54, 1.807) is 29.0 Å². The molecule has 3 heterocycles. The Hall–Kier alpha value is -3.04. The van der Waals surface area contributed by atoms with Gasteiger partial charge in [-0.1, -0.05) is 6.08 Å². The lowest BCUT2D eigenvalue weighted by Gasteiger charge is -2.22. The molecule has 3 N–H and O–H groups in total. The van der Waals surface area contributed by atoms with Crippen molar-refractivity contribution in [3.05, 3.63) is 47.1 Å². The van der Waals surface area contributed by atoms with Crippen LogP contribution in [0.1, 0.15) is 31.1 Å². The number of nitrogens with zero attached hydrogens (tertiary/aromatic N) is 3. The van der Waals surface area contributed by atoms with Gasteiger partial charge in [-0.15, -0.1) is 22.7 Å². The molecular formula is C22H22N6OS2. The van der Waals surface area contributed by atoms with Gasteiger partial charge >= 0.3 is 6.03 Å². The second-order valence-corrected chi connectivity index (χ2v) is 9.33. The number of anilines is 2. The first-order valence-corrected chi connectivity index (χ1v) is 12.0. The number of benzene rings is 1. The molecule has 7 nitrogen and oxygen atoms in total. The Labute approximate surface area is 187 Å². The third-order valence-electron chi connectivity index (χ3n) is 5.32. The lowest BCUT2D eigenvalue weighted by Crippen LogP contribution is -2.42. The van der Waals surface area contributed by atoms with Crippen LogP contribution < -0.4 is 16.0 Å². The van der Waals surface area contributed by atoms with Gasteiger partial charge in [0, 0.05) is 23.2 Å². The summed E-state index contributed by atoms with van der Waals surface area (Å²) in [5, 5.41) is 10.3. The molecule has 0 saturated carbocycles. The number of carbonyl (C=O) groups excluding carboxylic acids is 1. The monoisotopic (exact) mass is 450 g/mol. The smallest absolute Gasteiger partial charge is 0.315 e. The molecule has 0 aliphatic heterocycles. The Bertz CT molecular complexity index is 1280. The summed E-state index contributed by atoms with van der Waals surface area (Å²) in [5.41, 5.74) is 5.11. The maximum Gasteiger partial charge on any atom is 0.315 e. The average Bonchev–Trinajstić information content (AvgIpc) is 3.41. The summed E-state index contributed by atoms with van der Waals surface area (Å²) in [5.74, 6) is 0.800. The number of thiophene rings is 1. The summed E-state index contributed by atoms with van der Waals surface area (Å²) in [4.78, 5) is 27.3. The molecule has 3 aromatic heterocycles. The molecule has 1 aromatic carbocycles. The Morgan fingerprint density at radius 1 is 1.23 bits per heavy atom. The Balaban J connectivity index is 1.36. The molecule has 5 rings (SSSR count). The number of rotatable bonds is 5. The first-order chi connectivity index (χ1) is 15.2. The van der Waals surface area contributed by atoms with Gasteiger partial charge in [0.05, 0.1) is 21.1 Å². The highest BCUT2D eigenvalue weighted by molar-refractivity contribution is 7.19. The number of hydrogen-bond donors (Lipinski definition) is 3. The van der Waals surface area contributed by atoms with Crippen LogP contribution in [-0.2, 0) is 0 Å². The summed E-state index contributed by atoms with van der Waals surface area (Å²) < 4.78 is 1.17. The molecule has 0 fully saturated rings. The highest BCUT2D eigenvalue weighted by atomic mass is 32.1. The van der Waals surface area contributed by atoms with Gasteiger partial charge in [0.1, 0.15) is 17.0 Å². The zero-order valence-corrected chi connectivity index (χ0v) is 18.6. The SMILES string of the molecule is CCNC(=O)NC1CC=C(c2cc3c(Nc4ccc5scnc5c4)ncnc3s2)CC1. The van der Waals surface area contributed by atoms with Gasteiger partial charge < -0.3 is 16.0 Å². The number of urea groups is 1. The first kappa shape index (κ1) is 19.9. The van der Waals surface area contributed by atoms with Gasteiger partial charge in [0.15, 0.2) is 0 Å². The second kappa shape index (κ2) is 8.60. The predicted octanol–water partition coefficient (Wildman–Crippen LogP) is 5.30. The molecule has 0 bridgehead atoms. The Kier molecular flexibility index (Phi) is 5.52. The van der Waals surface area contributed by atoms with Crippen molar-refractivity contribution in [2.45, 2.75) is 32.2 Å². The number of nitrogens with one attached hydrogen (secondary N) is 3. The highest BCUT2D eigenvalue weighted by Gasteiger charge is 2.19. The summed E-state index contributed by atoms with van der Waals surface area (Å²) in [6, 6.07) is 8.43. The molecule has 158 valence electrons. The standard InChI is InChI=1S/C22H22N6OS2/c1-2-23-22(29)28-14-5-3-13(4-6-14)19-10-16-20(24-11-25-21(16)31-19)27-15-7-8-18-17(9-15)26-12-30-18/h3,7-12,14H,2,4-6H2,1H3,(H2,23,28,29)(H,24,25,27). The number of amides is 2. The van der Waals surface area contributed by atoms with Gasteiger partial charge in [-0.05, 0) is 56.0 Å². The van der Waals surface area contributed by atoms with E-state index in [1.165, 1.54) is 15.2 Å². The van der Waals surface area contributed by atoms with Crippen molar-refractivity contribution >= 4 is 66.2 Å². The highest BCUT2D eigenvalue weighted by Crippen LogP contribution is 2.37. The first-order valence-electron chi connectivity index (χ1n) is 10.3. The Morgan fingerprint density at radius 3 is 3.00 bits per heavy atom. The molecule has 1 unspecified atom stereocenters. The summed E-state index contributed by atoms with van der Waals surface area (Å²) in [7, 11) is 0. The fraction of sp³-hybridized carbons (Fsp3) is 0.273. The van der Waals surface area contributed by atoms with E-state index < -0.39 is 0 Å². The topological polar surface area (TPSA) is 91.8 Å². The minimum atomic E-state index is -0.0898. The van der Waals surface area contributed by atoms with Crippen LogP contribution in [0.3, 0.4) is 0 Å². The third-order valence-corrected chi connectivity index (χ3v) is 7.25. The van der Waals surface area contributed by atoms with E-state index in [-0.39, 0.29) is 12.1 Å². The number of thiazole rings is 1. The number of aromatic nitrogens is 3. The van der Waals surface area contributed by atoms with Gasteiger partial charge in [-0.25, -0.2) is 19.7 Å². The van der Waals surface area contributed by atoms with Crippen molar-refractivity contribution in [3.63, 3.8) is 0 Å². The van der Waals surface area contributed by atoms with Gasteiger partial charge in [-0.2, -0.15) is 0 Å².